The van der Waals surface area contributed by atoms with Gasteiger partial charge in [0.1, 0.15) is 0 Å². The summed E-state index contributed by atoms with van der Waals surface area (Å²) in [6, 6.07) is 2.20. The van der Waals surface area contributed by atoms with Crippen LogP contribution in [0, 0.1) is 5.92 Å². The van der Waals surface area contributed by atoms with Crippen LogP contribution in [0.5, 0.6) is 0 Å². The lowest BCUT2D eigenvalue weighted by molar-refractivity contribution is 0.294. The summed E-state index contributed by atoms with van der Waals surface area (Å²) in [6.45, 7) is 5.20. The number of rotatable bonds is 7. The molecule has 0 aliphatic rings. The standard InChI is InChI=1S/C12H21BrN2S/c1-3-10(7-14)4-5-15(2)8-12-6-11(13)9-16-12/h6,9-10H,3-5,7-8,14H2,1-2H3. The van der Waals surface area contributed by atoms with Crippen LogP contribution in [0.3, 0.4) is 0 Å². The minimum atomic E-state index is 0.678. The van der Waals surface area contributed by atoms with Crippen molar-refractivity contribution in [3.63, 3.8) is 0 Å². The lowest BCUT2D eigenvalue weighted by Crippen LogP contribution is -2.23. The molecule has 4 heteroatoms. The van der Waals surface area contributed by atoms with E-state index in [0.717, 1.165) is 19.6 Å². The summed E-state index contributed by atoms with van der Waals surface area (Å²) in [5.41, 5.74) is 5.70. The highest BCUT2D eigenvalue weighted by molar-refractivity contribution is 9.10. The first-order chi connectivity index (χ1) is 7.65. The van der Waals surface area contributed by atoms with Crippen LogP contribution in [0.15, 0.2) is 15.9 Å². The second-order valence-electron chi connectivity index (χ2n) is 4.27. The zero-order chi connectivity index (χ0) is 12.0. The quantitative estimate of drug-likeness (QED) is 0.837. The molecule has 0 fully saturated rings. The zero-order valence-corrected chi connectivity index (χ0v) is 12.5. The maximum Gasteiger partial charge on any atom is 0.0325 e. The van der Waals surface area contributed by atoms with Crippen molar-refractivity contribution in [2.45, 2.75) is 26.3 Å². The lowest BCUT2D eigenvalue weighted by atomic mass is 10.0. The van der Waals surface area contributed by atoms with E-state index in [0.29, 0.717) is 5.92 Å². The van der Waals surface area contributed by atoms with Gasteiger partial charge < -0.3 is 10.6 Å². The largest absolute Gasteiger partial charge is 0.330 e. The van der Waals surface area contributed by atoms with Crippen molar-refractivity contribution >= 4 is 27.3 Å². The summed E-state index contributed by atoms with van der Waals surface area (Å²) >= 11 is 5.29. The van der Waals surface area contributed by atoms with E-state index in [9.17, 15) is 0 Å². The second kappa shape index (κ2) is 7.43. The van der Waals surface area contributed by atoms with E-state index in [1.807, 2.05) is 11.3 Å². The van der Waals surface area contributed by atoms with Crippen LogP contribution in [0.25, 0.3) is 0 Å². The van der Waals surface area contributed by atoms with E-state index in [-0.39, 0.29) is 0 Å². The molecule has 2 nitrogen and oxygen atoms in total. The Morgan fingerprint density at radius 1 is 1.56 bits per heavy atom. The lowest BCUT2D eigenvalue weighted by Gasteiger charge is -2.19. The van der Waals surface area contributed by atoms with Crippen LogP contribution in [-0.2, 0) is 6.54 Å². The number of nitrogens with zero attached hydrogens (tertiary/aromatic N) is 1. The second-order valence-corrected chi connectivity index (χ2v) is 6.18. The van der Waals surface area contributed by atoms with E-state index in [1.54, 1.807) is 0 Å². The van der Waals surface area contributed by atoms with Crippen molar-refractivity contribution in [3.8, 4) is 0 Å². The van der Waals surface area contributed by atoms with Crippen LogP contribution in [0.4, 0.5) is 0 Å². The molecule has 0 saturated heterocycles. The van der Waals surface area contributed by atoms with Gasteiger partial charge in [-0.25, -0.2) is 0 Å². The van der Waals surface area contributed by atoms with E-state index in [1.165, 1.54) is 22.2 Å². The molecule has 0 saturated carbocycles. The fraction of sp³-hybridized carbons (Fsp3) is 0.667. The Labute approximate surface area is 111 Å². The van der Waals surface area contributed by atoms with Gasteiger partial charge in [-0.05, 0) is 54.5 Å². The zero-order valence-electron chi connectivity index (χ0n) is 10.1. The van der Waals surface area contributed by atoms with Gasteiger partial charge in [0, 0.05) is 21.3 Å². The monoisotopic (exact) mass is 304 g/mol. The van der Waals surface area contributed by atoms with Crippen LogP contribution in [-0.4, -0.2) is 25.0 Å². The predicted molar refractivity (Wildman–Crippen MR) is 75.8 cm³/mol. The Bertz CT molecular complexity index is 297. The van der Waals surface area contributed by atoms with Crippen LogP contribution >= 0.6 is 27.3 Å². The first-order valence-corrected chi connectivity index (χ1v) is 7.44. The molecule has 1 rings (SSSR count). The van der Waals surface area contributed by atoms with Gasteiger partial charge in [-0.1, -0.05) is 13.3 Å². The maximum absolute atomic E-state index is 5.70. The van der Waals surface area contributed by atoms with Crippen LogP contribution in [0.2, 0.25) is 0 Å². The minimum absolute atomic E-state index is 0.678. The Morgan fingerprint density at radius 3 is 2.81 bits per heavy atom. The Morgan fingerprint density at radius 2 is 2.31 bits per heavy atom. The highest BCUT2D eigenvalue weighted by Crippen LogP contribution is 2.21. The third-order valence-corrected chi connectivity index (χ3v) is 4.56. The third-order valence-electron chi connectivity index (χ3n) is 2.88. The molecular formula is C12H21BrN2S. The highest BCUT2D eigenvalue weighted by atomic mass is 79.9. The number of thiophene rings is 1. The molecular weight excluding hydrogens is 284 g/mol. The third kappa shape index (κ3) is 4.95. The van der Waals surface area contributed by atoms with E-state index >= 15 is 0 Å². The molecule has 0 spiro atoms. The molecule has 0 amide bonds. The van der Waals surface area contributed by atoms with Gasteiger partial charge in [-0.15, -0.1) is 11.3 Å². The van der Waals surface area contributed by atoms with E-state index in [4.69, 9.17) is 5.73 Å². The number of nitrogens with two attached hydrogens (primary N) is 1. The summed E-state index contributed by atoms with van der Waals surface area (Å²) in [5, 5.41) is 2.14. The minimum Gasteiger partial charge on any atom is -0.330 e. The molecule has 16 heavy (non-hydrogen) atoms. The molecule has 0 aliphatic carbocycles. The van der Waals surface area contributed by atoms with Crippen molar-refractivity contribution in [1.82, 2.24) is 4.90 Å². The van der Waals surface area contributed by atoms with Gasteiger partial charge in [0.05, 0.1) is 0 Å². The topological polar surface area (TPSA) is 29.3 Å². The van der Waals surface area contributed by atoms with Crippen molar-refractivity contribution in [2.24, 2.45) is 11.7 Å². The molecule has 1 heterocycles. The maximum atomic E-state index is 5.70. The first kappa shape index (κ1) is 14.2. The molecule has 2 N–H and O–H groups in total. The summed E-state index contributed by atoms with van der Waals surface area (Å²) < 4.78 is 1.19. The molecule has 1 aromatic rings. The summed E-state index contributed by atoms with van der Waals surface area (Å²) in [7, 11) is 2.18. The van der Waals surface area contributed by atoms with Crippen molar-refractivity contribution in [1.29, 1.82) is 0 Å². The predicted octanol–water partition coefficient (Wildman–Crippen LogP) is 3.32. The molecule has 1 unspecified atom stereocenters. The summed E-state index contributed by atoms with van der Waals surface area (Å²) in [5.74, 6) is 0.678. The number of halogens is 1. The van der Waals surface area contributed by atoms with E-state index in [2.05, 4.69) is 46.2 Å². The van der Waals surface area contributed by atoms with Gasteiger partial charge >= 0.3 is 0 Å². The Hall–Kier alpha value is 0.1000. The molecule has 92 valence electrons. The van der Waals surface area contributed by atoms with Gasteiger partial charge in [0.25, 0.3) is 0 Å². The average Bonchev–Trinajstić information content (AvgIpc) is 2.65. The summed E-state index contributed by atoms with van der Waals surface area (Å²) in [4.78, 5) is 3.78. The molecule has 1 atom stereocenters. The fourth-order valence-corrected chi connectivity index (χ4v) is 3.20. The smallest absolute Gasteiger partial charge is 0.0325 e. The Kier molecular flexibility index (Phi) is 6.58. The van der Waals surface area contributed by atoms with E-state index < -0.39 is 0 Å². The van der Waals surface area contributed by atoms with Crippen molar-refractivity contribution < 1.29 is 0 Å². The van der Waals surface area contributed by atoms with Gasteiger partial charge in [0.15, 0.2) is 0 Å². The molecule has 1 aromatic heterocycles. The van der Waals surface area contributed by atoms with Crippen LogP contribution in [0.1, 0.15) is 24.6 Å². The van der Waals surface area contributed by atoms with Crippen LogP contribution < -0.4 is 5.73 Å². The molecule has 0 aliphatic heterocycles. The molecule has 0 aromatic carbocycles. The highest BCUT2D eigenvalue weighted by Gasteiger charge is 2.07. The average molecular weight is 305 g/mol. The van der Waals surface area contributed by atoms with Gasteiger partial charge in [0.2, 0.25) is 0 Å². The SMILES string of the molecule is CCC(CN)CCN(C)Cc1cc(Br)cs1. The van der Waals surface area contributed by atoms with Crippen molar-refractivity contribution in [3.05, 3.63) is 20.8 Å². The normalized spacial score (nSPS) is 13.3. The van der Waals surface area contributed by atoms with Gasteiger partial charge in [-0.2, -0.15) is 0 Å². The Balaban J connectivity index is 2.27. The number of hydrogen-bond donors (Lipinski definition) is 1. The summed E-state index contributed by atoms with van der Waals surface area (Å²) in [6.07, 6.45) is 2.39. The number of hydrogen-bond acceptors (Lipinski definition) is 3. The first-order valence-electron chi connectivity index (χ1n) is 5.77. The van der Waals surface area contributed by atoms with Crippen molar-refractivity contribution in [2.75, 3.05) is 20.1 Å². The molecule has 0 bridgehead atoms. The molecule has 0 radical (unpaired) electrons. The van der Waals surface area contributed by atoms with Gasteiger partial charge in [-0.3, -0.25) is 0 Å². The fourth-order valence-electron chi connectivity index (χ4n) is 1.67.